The molecule has 0 saturated heterocycles. The molecule has 5 nitrogen and oxygen atoms in total. The standard InChI is InChI=1S/C14H18N4OS2/c1-10(2)18-9-15-17-14(18)21-8-13(19)16-11-6-4-5-7-12(11)20-3/h4-7,9-10H,8H2,1-3H3,(H,16,19). The molecule has 0 aliphatic heterocycles. The topological polar surface area (TPSA) is 59.8 Å². The molecule has 0 atom stereocenters. The first-order valence-electron chi connectivity index (χ1n) is 6.57. The van der Waals surface area contributed by atoms with Gasteiger partial charge in [0.2, 0.25) is 5.91 Å². The summed E-state index contributed by atoms with van der Waals surface area (Å²) in [4.78, 5) is 13.1. The summed E-state index contributed by atoms with van der Waals surface area (Å²) in [5.74, 6) is 0.272. The van der Waals surface area contributed by atoms with Gasteiger partial charge in [-0.1, -0.05) is 23.9 Å². The van der Waals surface area contributed by atoms with Crippen LogP contribution in [0.2, 0.25) is 0 Å². The number of rotatable bonds is 6. The number of para-hydroxylation sites is 1. The number of hydrogen-bond donors (Lipinski definition) is 1. The molecule has 1 heterocycles. The number of anilines is 1. The van der Waals surface area contributed by atoms with Gasteiger partial charge in [-0.05, 0) is 32.2 Å². The molecule has 112 valence electrons. The molecule has 0 fully saturated rings. The minimum Gasteiger partial charge on any atom is -0.324 e. The molecule has 1 aromatic heterocycles. The van der Waals surface area contributed by atoms with Crippen molar-refractivity contribution in [2.75, 3.05) is 17.3 Å². The van der Waals surface area contributed by atoms with E-state index in [1.165, 1.54) is 11.8 Å². The lowest BCUT2D eigenvalue weighted by atomic mass is 10.3. The summed E-state index contributed by atoms with van der Waals surface area (Å²) in [5, 5.41) is 11.6. The smallest absolute Gasteiger partial charge is 0.234 e. The van der Waals surface area contributed by atoms with Gasteiger partial charge in [0.1, 0.15) is 6.33 Å². The van der Waals surface area contributed by atoms with E-state index in [9.17, 15) is 4.79 Å². The second kappa shape index (κ2) is 7.51. The van der Waals surface area contributed by atoms with Crippen LogP contribution < -0.4 is 5.32 Å². The number of carbonyl (C=O) groups excluding carboxylic acids is 1. The summed E-state index contributed by atoms with van der Waals surface area (Å²) in [6.07, 6.45) is 3.68. The van der Waals surface area contributed by atoms with Gasteiger partial charge in [0, 0.05) is 10.9 Å². The van der Waals surface area contributed by atoms with E-state index in [-0.39, 0.29) is 11.9 Å². The first kappa shape index (κ1) is 15.9. The molecule has 0 spiro atoms. The van der Waals surface area contributed by atoms with Crippen molar-refractivity contribution in [2.45, 2.75) is 29.9 Å². The third-order valence-corrected chi connectivity index (χ3v) is 4.56. The number of thioether (sulfide) groups is 2. The van der Waals surface area contributed by atoms with Crippen LogP contribution in [0.25, 0.3) is 0 Å². The fraction of sp³-hybridized carbons (Fsp3) is 0.357. The predicted molar refractivity (Wildman–Crippen MR) is 88.0 cm³/mol. The Kier molecular flexibility index (Phi) is 5.69. The molecule has 2 rings (SSSR count). The molecule has 0 saturated carbocycles. The molecule has 1 amide bonds. The third kappa shape index (κ3) is 4.25. The van der Waals surface area contributed by atoms with Crippen LogP contribution in [0, 0.1) is 0 Å². The van der Waals surface area contributed by atoms with Crippen LogP contribution in [0.4, 0.5) is 5.69 Å². The average molecular weight is 322 g/mol. The minimum absolute atomic E-state index is 0.0418. The van der Waals surface area contributed by atoms with Gasteiger partial charge >= 0.3 is 0 Å². The maximum absolute atomic E-state index is 12.1. The van der Waals surface area contributed by atoms with Crippen LogP contribution in [0.15, 0.2) is 40.6 Å². The van der Waals surface area contributed by atoms with Gasteiger partial charge in [0.05, 0.1) is 11.4 Å². The Morgan fingerprint density at radius 2 is 2.14 bits per heavy atom. The van der Waals surface area contributed by atoms with E-state index in [0.717, 1.165) is 15.7 Å². The lowest BCUT2D eigenvalue weighted by Gasteiger charge is -2.10. The zero-order valence-electron chi connectivity index (χ0n) is 12.2. The highest BCUT2D eigenvalue weighted by molar-refractivity contribution is 7.99. The zero-order chi connectivity index (χ0) is 15.2. The Labute approximate surface area is 132 Å². The summed E-state index contributed by atoms with van der Waals surface area (Å²) in [5.41, 5.74) is 0.848. The van der Waals surface area contributed by atoms with Crippen LogP contribution in [0.1, 0.15) is 19.9 Å². The van der Waals surface area contributed by atoms with E-state index in [1.807, 2.05) is 35.1 Å². The molecule has 7 heteroatoms. The van der Waals surface area contributed by atoms with Gasteiger partial charge in [0.15, 0.2) is 5.16 Å². The first-order valence-corrected chi connectivity index (χ1v) is 8.78. The van der Waals surface area contributed by atoms with Gasteiger partial charge in [-0.3, -0.25) is 4.79 Å². The Hall–Kier alpha value is -1.47. The van der Waals surface area contributed by atoms with Crippen molar-refractivity contribution in [3.63, 3.8) is 0 Å². The van der Waals surface area contributed by atoms with Crippen LogP contribution in [0.3, 0.4) is 0 Å². The van der Waals surface area contributed by atoms with Crippen LogP contribution >= 0.6 is 23.5 Å². The fourth-order valence-electron chi connectivity index (χ4n) is 1.75. The fourth-order valence-corrected chi connectivity index (χ4v) is 3.15. The molecule has 0 unspecified atom stereocenters. The number of nitrogens with zero attached hydrogens (tertiary/aromatic N) is 3. The molecule has 1 N–H and O–H groups in total. The Morgan fingerprint density at radius 1 is 1.38 bits per heavy atom. The molecule has 21 heavy (non-hydrogen) atoms. The van der Waals surface area contributed by atoms with Crippen molar-refractivity contribution in [3.8, 4) is 0 Å². The lowest BCUT2D eigenvalue weighted by molar-refractivity contribution is -0.113. The van der Waals surface area contributed by atoms with Crippen molar-refractivity contribution in [1.82, 2.24) is 14.8 Å². The van der Waals surface area contributed by atoms with Crippen molar-refractivity contribution in [2.24, 2.45) is 0 Å². The Morgan fingerprint density at radius 3 is 2.86 bits per heavy atom. The summed E-state index contributed by atoms with van der Waals surface area (Å²) >= 11 is 3.00. The molecule has 2 aromatic rings. The SMILES string of the molecule is CSc1ccccc1NC(=O)CSc1nncn1C(C)C. The van der Waals surface area contributed by atoms with E-state index < -0.39 is 0 Å². The summed E-state index contributed by atoms with van der Waals surface area (Å²) in [6, 6.07) is 8.05. The Bertz CT molecular complexity index is 613. The summed E-state index contributed by atoms with van der Waals surface area (Å²) in [7, 11) is 0. The van der Waals surface area contributed by atoms with Gasteiger partial charge in [0.25, 0.3) is 0 Å². The molecule has 0 radical (unpaired) electrons. The van der Waals surface area contributed by atoms with Crippen LogP contribution in [0.5, 0.6) is 0 Å². The van der Waals surface area contributed by atoms with Crippen LogP contribution in [-0.4, -0.2) is 32.7 Å². The van der Waals surface area contributed by atoms with E-state index >= 15 is 0 Å². The van der Waals surface area contributed by atoms with E-state index in [4.69, 9.17) is 0 Å². The van der Waals surface area contributed by atoms with Gasteiger partial charge in [-0.15, -0.1) is 22.0 Å². The normalized spacial score (nSPS) is 10.9. The second-order valence-corrected chi connectivity index (χ2v) is 6.44. The molecule has 1 aromatic carbocycles. The molecular weight excluding hydrogens is 304 g/mol. The molecule has 0 aliphatic carbocycles. The highest BCUT2D eigenvalue weighted by atomic mass is 32.2. The molecule has 0 aliphatic rings. The van der Waals surface area contributed by atoms with Crippen molar-refractivity contribution >= 4 is 35.1 Å². The molecule has 0 bridgehead atoms. The van der Waals surface area contributed by atoms with Gasteiger partial charge < -0.3 is 9.88 Å². The maximum Gasteiger partial charge on any atom is 0.234 e. The number of hydrogen-bond acceptors (Lipinski definition) is 5. The van der Waals surface area contributed by atoms with E-state index in [1.54, 1.807) is 18.1 Å². The summed E-state index contributed by atoms with van der Waals surface area (Å²) in [6.45, 7) is 4.12. The van der Waals surface area contributed by atoms with E-state index in [0.29, 0.717) is 5.75 Å². The quantitative estimate of drug-likeness (QED) is 0.827. The van der Waals surface area contributed by atoms with Gasteiger partial charge in [-0.25, -0.2) is 0 Å². The van der Waals surface area contributed by atoms with Crippen molar-refractivity contribution in [3.05, 3.63) is 30.6 Å². The lowest BCUT2D eigenvalue weighted by Crippen LogP contribution is -2.15. The van der Waals surface area contributed by atoms with E-state index in [2.05, 4.69) is 29.4 Å². The predicted octanol–water partition coefficient (Wildman–Crippen LogP) is 3.31. The maximum atomic E-state index is 12.1. The highest BCUT2D eigenvalue weighted by Crippen LogP contribution is 2.25. The number of benzene rings is 1. The zero-order valence-corrected chi connectivity index (χ0v) is 13.9. The average Bonchev–Trinajstić information content (AvgIpc) is 2.94. The third-order valence-electron chi connectivity index (χ3n) is 2.81. The first-order chi connectivity index (χ1) is 10.1. The number of amides is 1. The second-order valence-electron chi connectivity index (χ2n) is 4.65. The number of nitrogens with one attached hydrogen (secondary N) is 1. The number of carbonyl (C=O) groups is 1. The van der Waals surface area contributed by atoms with Crippen molar-refractivity contribution < 1.29 is 4.79 Å². The number of aromatic nitrogens is 3. The minimum atomic E-state index is -0.0418. The summed E-state index contributed by atoms with van der Waals surface area (Å²) < 4.78 is 1.95. The highest BCUT2D eigenvalue weighted by Gasteiger charge is 2.11. The monoisotopic (exact) mass is 322 g/mol. The molecular formula is C14H18N4OS2. The van der Waals surface area contributed by atoms with Crippen molar-refractivity contribution in [1.29, 1.82) is 0 Å². The van der Waals surface area contributed by atoms with Crippen LogP contribution in [-0.2, 0) is 4.79 Å². The largest absolute Gasteiger partial charge is 0.324 e. The van der Waals surface area contributed by atoms with Gasteiger partial charge in [-0.2, -0.15) is 0 Å². The Balaban J connectivity index is 1.95.